The van der Waals surface area contributed by atoms with Gasteiger partial charge in [0.2, 0.25) is 0 Å². The van der Waals surface area contributed by atoms with Gasteiger partial charge in [-0.05, 0) is 46.5 Å². The number of carbonyl (C=O) groups excluding carboxylic acids is 4. The Morgan fingerprint density at radius 1 is 0.714 bits per heavy atom. The van der Waals surface area contributed by atoms with Gasteiger partial charge in [-0.25, -0.2) is 0 Å². The maximum atomic E-state index is 12.9. The molecular weight excluding hydrogens is 599 g/mol. The van der Waals surface area contributed by atoms with E-state index < -0.39 is 110 Å². The second-order valence-corrected chi connectivity index (χ2v) is 9.78. The van der Waals surface area contributed by atoms with Crippen molar-refractivity contribution in [3.8, 4) is 0 Å². The van der Waals surface area contributed by atoms with Crippen molar-refractivity contribution < 1.29 is 77.6 Å². The molecule has 1 aliphatic carbocycles. The second-order valence-electron chi connectivity index (χ2n) is 9.78. The summed E-state index contributed by atoms with van der Waals surface area (Å²) in [5, 5.41) is 0. The predicted octanol–water partition coefficient (Wildman–Crippen LogP) is 6.34. The van der Waals surface area contributed by atoms with Gasteiger partial charge in [0.1, 0.15) is 13.2 Å². The molecule has 0 heterocycles. The monoisotopic (exact) mass is 636 g/mol. The molecule has 4 unspecified atom stereocenters. The van der Waals surface area contributed by atoms with Crippen molar-refractivity contribution in [3.05, 3.63) is 0 Å². The molecule has 0 bridgehead atoms. The average molecular weight is 637 g/mol. The molecule has 0 N–H and O–H groups in total. The highest BCUT2D eigenvalue weighted by atomic mass is 19.4. The van der Waals surface area contributed by atoms with Gasteiger partial charge in [0.15, 0.2) is 6.10 Å². The molecule has 0 aromatic rings. The quantitative estimate of drug-likeness (QED) is 0.118. The maximum Gasteiger partial charge on any atom is 0.434 e. The van der Waals surface area contributed by atoms with Gasteiger partial charge in [0, 0.05) is 0 Å². The van der Waals surface area contributed by atoms with Crippen molar-refractivity contribution in [1.82, 2.24) is 0 Å². The molecule has 1 fully saturated rings. The van der Waals surface area contributed by atoms with Crippen molar-refractivity contribution in [2.75, 3.05) is 13.2 Å². The molecular formula is C25H37F9O8. The predicted molar refractivity (Wildman–Crippen MR) is 127 cm³/mol. The summed E-state index contributed by atoms with van der Waals surface area (Å²) in [6.07, 6.45) is -25.7. The second kappa shape index (κ2) is 15.6. The van der Waals surface area contributed by atoms with Crippen LogP contribution in [0, 0.1) is 23.2 Å². The number of halogens is 9. The van der Waals surface area contributed by atoms with E-state index in [2.05, 4.69) is 9.47 Å². The van der Waals surface area contributed by atoms with Crippen LogP contribution in [0.15, 0.2) is 0 Å². The molecule has 0 radical (unpaired) electrons. The van der Waals surface area contributed by atoms with E-state index in [1.165, 1.54) is 0 Å². The third-order valence-electron chi connectivity index (χ3n) is 6.37. The Labute approximate surface area is 237 Å². The zero-order valence-corrected chi connectivity index (χ0v) is 21.8. The minimum Gasteiger partial charge on any atom is -0.462 e. The Kier molecular flexibility index (Phi) is 15.4. The molecule has 42 heavy (non-hydrogen) atoms. The van der Waals surface area contributed by atoms with E-state index in [4.69, 9.17) is 9.47 Å². The van der Waals surface area contributed by atoms with Gasteiger partial charge >= 0.3 is 42.4 Å². The molecule has 0 aromatic carbocycles. The standard InChI is InChI=1S/C23H29F9O8.2CH4/c1-5-20(3,4)19(36)38-9-8-37-16(34)14-10-12(15(33)39-11(2)21(24,25)26)6-7-13(14)17(35)40-18(22(27,28)29)23(30,31)32;;/h11-14,18H,5-10H2,1-4H3;2*1H4. The number of hydrogen-bond acceptors (Lipinski definition) is 8. The van der Waals surface area contributed by atoms with Gasteiger partial charge in [-0.15, -0.1) is 0 Å². The Balaban J connectivity index is 0. The number of rotatable bonds is 10. The maximum absolute atomic E-state index is 12.9. The lowest BCUT2D eigenvalue weighted by Crippen LogP contribution is -2.48. The molecule has 4 atom stereocenters. The Bertz CT molecular complexity index is 899. The van der Waals surface area contributed by atoms with Crippen LogP contribution in [0.2, 0.25) is 0 Å². The van der Waals surface area contributed by atoms with Crippen LogP contribution in [-0.4, -0.2) is 67.8 Å². The van der Waals surface area contributed by atoms with E-state index in [9.17, 15) is 58.7 Å². The third kappa shape index (κ3) is 11.9. The average Bonchev–Trinajstić information content (AvgIpc) is 2.82. The summed E-state index contributed by atoms with van der Waals surface area (Å²) in [5.41, 5.74) is -0.892. The first-order chi connectivity index (χ1) is 18.0. The Morgan fingerprint density at radius 3 is 1.67 bits per heavy atom. The molecule has 17 heteroatoms. The molecule has 1 rings (SSSR count). The summed E-state index contributed by atoms with van der Waals surface area (Å²) in [5.74, 6) is -10.9. The number of hydrogen-bond donors (Lipinski definition) is 0. The number of carbonyl (C=O) groups is 4. The lowest BCUT2D eigenvalue weighted by molar-refractivity contribution is -0.314. The molecule has 0 spiro atoms. The van der Waals surface area contributed by atoms with Crippen molar-refractivity contribution in [3.63, 3.8) is 0 Å². The molecule has 248 valence electrons. The van der Waals surface area contributed by atoms with E-state index >= 15 is 0 Å². The van der Waals surface area contributed by atoms with Crippen LogP contribution in [0.25, 0.3) is 0 Å². The summed E-state index contributed by atoms with van der Waals surface area (Å²) in [6, 6.07) is 0. The van der Waals surface area contributed by atoms with Gasteiger partial charge in [-0.1, -0.05) is 21.8 Å². The summed E-state index contributed by atoms with van der Waals surface area (Å²) in [4.78, 5) is 49.3. The van der Waals surface area contributed by atoms with Crippen molar-refractivity contribution >= 4 is 23.9 Å². The first-order valence-electron chi connectivity index (χ1n) is 12.0. The molecule has 0 aliphatic heterocycles. The third-order valence-corrected chi connectivity index (χ3v) is 6.37. The zero-order valence-electron chi connectivity index (χ0n) is 21.8. The number of alkyl halides is 9. The number of ether oxygens (including phenoxy) is 4. The number of esters is 4. The van der Waals surface area contributed by atoms with Gasteiger partial charge in [0.05, 0.1) is 23.2 Å². The molecule has 0 aromatic heterocycles. The highest BCUT2D eigenvalue weighted by Crippen LogP contribution is 2.40. The van der Waals surface area contributed by atoms with Crippen LogP contribution in [0.5, 0.6) is 0 Å². The van der Waals surface area contributed by atoms with Gasteiger partial charge < -0.3 is 18.9 Å². The van der Waals surface area contributed by atoms with Gasteiger partial charge in [-0.2, -0.15) is 39.5 Å². The molecule has 1 aliphatic rings. The first kappa shape index (κ1) is 41.4. The van der Waals surface area contributed by atoms with E-state index in [0.29, 0.717) is 13.3 Å². The van der Waals surface area contributed by atoms with Crippen molar-refractivity contribution in [2.24, 2.45) is 23.2 Å². The minimum atomic E-state index is -6.05. The van der Waals surface area contributed by atoms with E-state index in [1.807, 2.05) is 0 Å². The van der Waals surface area contributed by atoms with E-state index in [1.54, 1.807) is 20.8 Å². The first-order valence-corrected chi connectivity index (χ1v) is 12.0. The zero-order chi connectivity index (χ0) is 31.3. The topological polar surface area (TPSA) is 105 Å². The normalized spacial score (nSPS) is 20.4. The van der Waals surface area contributed by atoms with E-state index in [0.717, 1.165) is 0 Å². The van der Waals surface area contributed by atoms with Crippen LogP contribution in [0.1, 0.15) is 68.2 Å². The van der Waals surface area contributed by atoms with Crippen molar-refractivity contribution in [1.29, 1.82) is 0 Å². The summed E-state index contributed by atoms with van der Waals surface area (Å²) in [7, 11) is 0. The van der Waals surface area contributed by atoms with Crippen LogP contribution < -0.4 is 0 Å². The Morgan fingerprint density at radius 2 is 1.21 bits per heavy atom. The fourth-order valence-corrected chi connectivity index (χ4v) is 3.51. The van der Waals surface area contributed by atoms with Crippen molar-refractivity contribution in [2.45, 2.75) is 99.0 Å². The van der Waals surface area contributed by atoms with E-state index in [-0.39, 0.29) is 14.9 Å². The minimum absolute atomic E-state index is 0. The molecule has 0 saturated heterocycles. The largest absolute Gasteiger partial charge is 0.462 e. The SMILES string of the molecule is C.C.CCC(C)(C)C(=O)OCCOC(=O)C1CC(C(=O)OC(C)C(F)(F)F)CCC1C(=O)OC(C(F)(F)F)C(F)(F)F. The van der Waals surface area contributed by atoms with Gasteiger partial charge in [0.25, 0.3) is 6.10 Å². The Hall–Kier alpha value is -2.75. The smallest absolute Gasteiger partial charge is 0.434 e. The fourth-order valence-electron chi connectivity index (χ4n) is 3.51. The van der Waals surface area contributed by atoms with Crippen LogP contribution in [-0.2, 0) is 38.1 Å². The molecule has 8 nitrogen and oxygen atoms in total. The highest BCUT2D eigenvalue weighted by Gasteiger charge is 2.60. The highest BCUT2D eigenvalue weighted by molar-refractivity contribution is 5.84. The molecule has 0 amide bonds. The van der Waals surface area contributed by atoms with Crippen LogP contribution in [0.3, 0.4) is 0 Å². The lowest BCUT2D eigenvalue weighted by atomic mass is 9.74. The van der Waals surface area contributed by atoms with Crippen LogP contribution >= 0.6 is 0 Å². The summed E-state index contributed by atoms with van der Waals surface area (Å²) >= 11 is 0. The van der Waals surface area contributed by atoms with Crippen LogP contribution in [0.4, 0.5) is 39.5 Å². The summed E-state index contributed by atoms with van der Waals surface area (Å²) < 4.78 is 133. The fraction of sp³-hybridized carbons (Fsp3) is 0.840. The van der Waals surface area contributed by atoms with Gasteiger partial charge in [-0.3, -0.25) is 19.2 Å². The lowest BCUT2D eigenvalue weighted by Gasteiger charge is -2.34. The molecule has 1 saturated carbocycles. The summed E-state index contributed by atoms with van der Waals surface area (Å²) in [6.45, 7) is 4.19.